The van der Waals surface area contributed by atoms with Gasteiger partial charge in [-0.3, -0.25) is 4.55 Å². The van der Waals surface area contributed by atoms with Gasteiger partial charge in [0, 0.05) is 6.42 Å². The van der Waals surface area contributed by atoms with Crippen molar-refractivity contribution in [2.75, 3.05) is 6.61 Å². The van der Waals surface area contributed by atoms with Gasteiger partial charge in [0.05, 0.1) is 12.2 Å². The van der Waals surface area contributed by atoms with Crippen LogP contribution in [0.25, 0.3) is 0 Å². The molecule has 0 aromatic heterocycles. The van der Waals surface area contributed by atoms with Crippen LogP contribution in [0, 0.1) is 0 Å². The summed E-state index contributed by atoms with van der Waals surface area (Å²) in [6, 6.07) is 1.29. The van der Waals surface area contributed by atoms with E-state index in [0.29, 0.717) is 12.1 Å². The molecule has 1 atom stereocenters. The highest BCUT2D eigenvalue weighted by molar-refractivity contribution is 7.87. The summed E-state index contributed by atoms with van der Waals surface area (Å²) in [4.78, 5) is 23.8. The molecule has 0 bridgehead atoms. The minimum atomic E-state index is -6.61. The summed E-state index contributed by atoms with van der Waals surface area (Å²) in [6.45, 7) is 0.790. The average Bonchev–Trinajstić information content (AvgIpc) is 2.75. The van der Waals surface area contributed by atoms with E-state index in [-0.39, 0.29) is 12.1 Å². The minimum Gasteiger partial charge on any atom is -0.421 e. The number of hydrogen-bond donors (Lipinski definition) is 1. The lowest BCUT2D eigenvalue weighted by atomic mass is 10.1. The fourth-order valence-corrected chi connectivity index (χ4v) is 2.94. The first-order valence-electron chi connectivity index (χ1n) is 9.79. The number of halogens is 11. The Hall–Kier alpha value is -3.00. The van der Waals surface area contributed by atoms with Crippen molar-refractivity contribution >= 4 is 22.1 Å². The van der Waals surface area contributed by atoms with Crippen LogP contribution in [0.3, 0.4) is 0 Å². The SMILES string of the molecule is C=C(F)C(=O)OC(OCCCCC(F)(F)C(F)(F)S(=O)(=O)O)(C(=O)Oc1ccc(C(F)(F)F)cc1)C(F)(F)F. The first-order chi connectivity index (χ1) is 17.4. The zero-order valence-electron chi connectivity index (χ0n) is 18.7. The highest BCUT2D eigenvalue weighted by Gasteiger charge is 2.68. The summed E-state index contributed by atoms with van der Waals surface area (Å²) >= 11 is 0. The predicted octanol–water partition coefficient (Wildman–Crippen LogP) is 5.20. The Morgan fingerprint density at radius 3 is 1.82 bits per heavy atom. The smallest absolute Gasteiger partial charge is 0.421 e. The molecule has 0 aliphatic carbocycles. The standard InChI is InChI=1S/C19H15F11O8S/c1-10(20)13(31)38-16(18(26,27)28,14(32)37-12-6-4-11(5-7-12)17(23,24)25)36-9-3-2-8-15(21,22)19(29,30)39(33,34)35/h4-7H,1-3,8-9H2,(H,33,34,35). The maximum atomic E-state index is 13.8. The normalized spacial score (nSPS) is 14.9. The Kier molecular flexibility index (Phi) is 10.1. The minimum absolute atomic E-state index is 0.274. The highest BCUT2D eigenvalue weighted by atomic mass is 32.2. The lowest BCUT2D eigenvalue weighted by Crippen LogP contribution is -2.59. The maximum absolute atomic E-state index is 13.8. The number of benzene rings is 1. The summed E-state index contributed by atoms with van der Waals surface area (Å²) in [6.07, 6.45) is -15.4. The Morgan fingerprint density at radius 2 is 1.41 bits per heavy atom. The molecule has 0 spiro atoms. The van der Waals surface area contributed by atoms with Gasteiger partial charge in [0.2, 0.25) is 5.83 Å². The van der Waals surface area contributed by atoms with Crippen LogP contribution in [-0.2, 0) is 35.4 Å². The van der Waals surface area contributed by atoms with Crippen molar-refractivity contribution < 1.29 is 85.1 Å². The molecular weight excluding hydrogens is 597 g/mol. The molecule has 8 nitrogen and oxygen atoms in total. The zero-order valence-corrected chi connectivity index (χ0v) is 19.5. The van der Waals surface area contributed by atoms with Gasteiger partial charge in [-0.05, 0) is 37.1 Å². The van der Waals surface area contributed by atoms with Gasteiger partial charge >= 0.3 is 51.4 Å². The van der Waals surface area contributed by atoms with Gasteiger partial charge in [-0.25, -0.2) is 9.59 Å². The van der Waals surface area contributed by atoms with Crippen LogP contribution in [0.15, 0.2) is 36.7 Å². The first-order valence-corrected chi connectivity index (χ1v) is 11.2. The second-order valence-electron chi connectivity index (χ2n) is 7.32. The molecule has 1 N–H and O–H groups in total. The van der Waals surface area contributed by atoms with Crippen molar-refractivity contribution in [2.24, 2.45) is 0 Å². The van der Waals surface area contributed by atoms with Gasteiger partial charge in [0.1, 0.15) is 5.75 Å². The Labute approximate surface area is 211 Å². The van der Waals surface area contributed by atoms with E-state index in [4.69, 9.17) is 4.55 Å². The third kappa shape index (κ3) is 8.01. The lowest BCUT2D eigenvalue weighted by molar-refractivity contribution is -0.352. The van der Waals surface area contributed by atoms with E-state index >= 15 is 0 Å². The van der Waals surface area contributed by atoms with Gasteiger partial charge < -0.3 is 14.2 Å². The van der Waals surface area contributed by atoms with E-state index in [1.165, 1.54) is 0 Å². The van der Waals surface area contributed by atoms with E-state index in [9.17, 15) is 66.3 Å². The number of alkyl halides is 10. The molecule has 0 aliphatic rings. The van der Waals surface area contributed by atoms with Crippen molar-refractivity contribution in [3.63, 3.8) is 0 Å². The highest BCUT2D eigenvalue weighted by Crippen LogP contribution is 2.42. The Balaban J connectivity index is 3.18. The summed E-state index contributed by atoms with van der Waals surface area (Å²) in [5, 5.41) is -5.99. The number of rotatable bonds is 12. The molecular formula is C19H15F11O8S. The van der Waals surface area contributed by atoms with E-state index < -0.39 is 94.4 Å². The molecule has 0 aliphatic heterocycles. The fourth-order valence-electron chi connectivity index (χ4n) is 2.46. The van der Waals surface area contributed by atoms with E-state index in [2.05, 4.69) is 20.8 Å². The summed E-state index contributed by atoms with van der Waals surface area (Å²) in [5.74, 6) is -18.8. The number of unbranched alkanes of at least 4 members (excludes halogenated alkanes) is 1. The molecule has 1 aromatic carbocycles. The van der Waals surface area contributed by atoms with Crippen molar-refractivity contribution in [1.29, 1.82) is 0 Å². The van der Waals surface area contributed by atoms with Crippen LogP contribution >= 0.6 is 0 Å². The topological polar surface area (TPSA) is 116 Å². The van der Waals surface area contributed by atoms with Crippen molar-refractivity contribution in [3.05, 3.63) is 42.2 Å². The molecule has 1 aromatic rings. The van der Waals surface area contributed by atoms with E-state index in [1.54, 1.807) is 0 Å². The molecule has 0 saturated carbocycles. The molecule has 0 saturated heterocycles. The Morgan fingerprint density at radius 1 is 0.897 bits per heavy atom. The molecule has 39 heavy (non-hydrogen) atoms. The molecule has 0 heterocycles. The largest absolute Gasteiger partial charge is 0.468 e. The molecule has 222 valence electrons. The van der Waals surface area contributed by atoms with Gasteiger partial charge in [0.25, 0.3) is 0 Å². The Bertz CT molecular complexity index is 1160. The van der Waals surface area contributed by atoms with Crippen LogP contribution in [0.5, 0.6) is 5.75 Å². The van der Waals surface area contributed by atoms with Crippen molar-refractivity contribution in [2.45, 2.75) is 48.6 Å². The quantitative estimate of drug-likeness (QED) is 0.0652. The first kappa shape index (κ1) is 34.0. The van der Waals surface area contributed by atoms with Crippen LogP contribution in [0.2, 0.25) is 0 Å². The van der Waals surface area contributed by atoms with Gasteiger partial charge in [-0.1, -0.05) is 6.58 Å². The van der Waals surface area contributed by atoms with Crippen LogP contribution in [0.4, 0.5) is 48.3 Å². The molecule has 1 rings (SSSR count). The van der Waals surface area contributed by atoms with Gasteiger partial charge in [0.15, 0.2) is 0 Å². The van der Waals surface area contributed by atoms with Crippen molar-refractivity contribution in [1.82, 2.24) is 0 Å². The number of esters is 2. The summed E-state index contributed by atoms with van der Waals surface area (Å²) in [7, 11) is -6.61. The molecule has 20 heteroatoms. The number of ether oxygens (including phenoxy) is 3. The predicted molar refractivity (Wildman–Crippen MR) is 103 cm³/mol. The number of hydrogen-bond acceptors (Lipinski definition) is 7. The molecule has 0 radical (unpaired) electrons. The summed E-state index contributed by atoms with van der Waals surface area (Å²) < 4.78 is 187. The third-order valence-electron chi connectivity index (χ3n) is 4.43. The number of carbonyl (C=O) groups excluding carboxylic acids is 2. The lowest BCUT2D eigenvalue weighted by Gasteiger charge is -2.32. The third-order valence-corrected chi connectivity index (χ3v) is 5.38. The van der Waals surface area contributed by atoms with Gasteiger partial charge in [-0.2, -0.15) is 56.7 Å². The maximum Gasteiger partial charge on any atom is 0.468 e. The molecule has 0 fully saturated rings. The van der Waals surface area contributed by atoms with Crippen molar-refractivity contribution in [3.8, 4) is 5.75 Å². The van der Waals surface area contributed by atoms with Gasteiger partial charge in [-0.15, -0.1) is 0 Å². The second-order valence-corrected chi connectivity index (χ2v) is 8.79. The summed E-state index contributed by atoms with van der Waals surface area (Å²) in [5.41, 5.74) is -1.32. The molecule has 0 amide bonds. The van der Waals surface area contributed by atoms with Crippen LogP contribution in [-0.4, -0.2) is 54.7 Å². The fraction of sp³-hybridized carbons (Fsp3) is 0.474. The number of carbonyl (C=O) groups is 2. The van der Waals surface area contributed by atoms with Crippen LogP contribution < -0.4 is 4.74 Å². The van der Waals surface area contributed by atoms with E-state index in [0.717, 1.165) is 0 Å². The average molecular weight is 612 g/mol. The second kappa shape index (κ2) is 11.6. The van der Waals surface area contributed by atoms with E-state index in [1.807, 2.05) is 0 Å². The molecule has 1 unspecified atom stereocenters. The monoisotopic (exact) mass is 612 g/mol. The zero-order chi connectivity index (χ0) is 30.7. The van der Waals surface area contributed by atoms with Crippen LogP contribution in [0.1, 0.15) is 24.8 Å².